The highest BCUT2D eigenvalue weighted by atomic mass is 16.6. The van der Waals surface area contributed by atoms with Crippen molar-refractivity contribution < 1.29 is 18.9 Å². The summed E-state index contributed by atoms with van der Waals surface area (Å²) in [7, 11) is 0. The number of hydrogen-bond acceptors (Lipinski definition) is 6. The van der Waals surface area contributed by atoms with Gasteiger partial charge in [0.2, 0.25) is 0 Å². The molecule has 2 aliphatic rings. The first-order chi connectivity index (χ1) is 13.4. The lowest BCUT2D eigenvalue weighted by atomic mass is 10.1. The second kappa shape index (κ2) is 12.2. The second-order valence-corrected chi connectivity index (χ2v) is 7.00. The van der Waals surface area contributed by atoms with Gasteiger partial charge < -0.3 is 28.7 Å². The van der Waals surface area contributed by atoms with Gasteiger partial charge in [0.25, 0.3) is 0 Å². The number of rotatable bonds is 2. The summed E-state index contributed by atoms with van der Waals surface area (Å²) in [4.78, 5) is 4.83. The minimum Gasteiger partial charge on any atom is -0.377 e. The van der Waals surface area contributed by atoms with E-state index >= 15 is 0 Å². The molecule has 6 heteroatoms. The van der Waals surface area contributed by atoms with E-state index in [9.17, 15) is 0 Å². The first-order valence-electron chi connectivity index (χ1n) is 10.3. The van der Waals surface area contributed by atoms with Gasteiger partial charge in [-0.2, -0.15) is 0 Å². The number of anilines is 2. The molecular formula is C21H34N2O4. The van der Waals surface area contributed by atoms with Crippen LogP contribution in [0.2, 0.25) is 0 Å². The summed E-state index contributed by atoms with van der Waals surface area (Å²) in [6.07, 6.45) is 3.96. The zero-order valence-electron chi connectivity index (χ0n) is 16.4. The van der Waals surface area contributed by atoms with Gasteiger partial charge in [-0.05, 0) is 43.5 Å². The van der Waals surface area contributed by atoms with Crippen molar-refractivity contribution in [2.24, 2.45) is 0 Å². The van der Waals surface area contributed by atoms with Crippen LogP contribution in [0, 0.1) is 0 Å². The number of piperidine rings is 1. The zero-order valence-corrected chi connectivity index (χ0v) is 16.4. The van der Waals surface area contributed by atoms with Gasteiger partial charge in [-0.1, -0.05) is 0 Å². The van der Waals surface area contributed by atoms with Gasteiger partial charge >= 0.3 is 0 Å². The molecular weight excluding hydrogens is 344 g/mol. The molecule has 0 atom stereocenters. The van der Waals surface area contributed by atoms with Crippen LogP contribution in [0.5, 0.6) is 0 Å². The van der Waals surface area contributed by atoms with Gasteiger partial charge in [0, 0.05) is 37.6 Å². The van der Waals surface area contributed by atoms with Crippen LogP contribution >= 0.6 is 0 Å². The summed E-state index contributed by atoms with van der Waals surface area (Å²) in [5, 5.41) is 0. The molecule has 1 aromatic rings. The fourth-order valence-corrected chi connectivity index (χ4v) is 3.51. The molecule has 152 valence electrons. The molecule has 0 N–H and O–H groups in total. The van der Waals surface area contributed by atoms with Gasteiger partial charge in [0.1, 0.15) is 0 Å². The first kappa shape index (κ1) is 20.4. The molecule has 0 bridgehead atoms. The quantitative estimate of drug-likeness (QED) is 0.788. The maximum atomic E-state index is 5.72. The van der Waals surface area contributed by atoms with Crippen molar-refractivity contribution in [3.63, 3.8) is 0 Å². The molecule has 0 amide bonds. The average Bonchev–Trinajstić information content (AvgIpc) is 2.74. The maximum Gasteiger partial charge on any atom is 0.0701 e. The van der Waals surface area contributed by atoms with Gasteiger partial charge in [0.15, 0.2) is 0 Å². The lowest BCUT2D eigenvalue weighted by Crippen LogP contribution is -2.32. The molecule has 1 aromatic carbocycles. The summed E-state index contributed by atoms with van der Waals surface area (Å²) in [5.74, 6) is 0. The van der Waals surface area contributed by atoms with Crippen molar-refractivity contribution in [1.82, 2.24) is 0 Å². The van der Waals surface area contributed by atoms with Crippen LogP contribution in [0.4, 0.5) is 11.4 Å². The number of benzene rings is 1. The van der Waals surface area contributed by atoms with Crippen molar-refractivity contribution >= 4 is 11.4 Å². The predicted octanol–water partition coefficient (Wildman–Crippen LogP) is 2.56. The Kier molecular flexibility index (Phi) is 9.20. The fourth-order valence-electron chi connectivity index (χ4n) is 3.51. The van der Waals surface area contributed by atoms with Gasteiger partial charge in [-0.3, -0.25) is 0 Å². The van der Waals surface area contributed by atoms with Crippen molar-refractivity contribution in [2.75, 3.05) is 88.8 Å². The third-order valence-corrected chi connectivity index (χ3v) is 5.06. The summed E-state index contributed by atoms with van der Waals surface area (Å²) in [6.45, 7) is 9.13. The molecule has 0 aromatic heterocycles. The highest BCUT2D eigenvalue weighted by Gasteiger charge is 2.12. The molecule has 0 unspecified atom stereocenters. The average molecular weight is 379 g/mol. The molecule has 0 saturated carbocycles. The van der Waals surface area contributed by atoms with E-state index in [-0.39, 0.29) is 0 Å². The van der Waals surface area contributed by atoms with Crippen molar-refractivity contribution in [3.05, 3.63) is 24.3 Å². The lowest BCUT2D eigenvalue weighted by molar-refractivity contribution is 0.00206. The van der Waals surface area contributed by atoms with E-state index < -0.39 is 0 Å². The normalized spacial score (nSPS) is 22.1. The summed E-state index contributed by atoms with van der Waals surface area (Å²) >= 11 is 0. The Hall–Kier alpha value is -1.34. The summed E-state index contributed by atoms with van der Waals surface area (Å²) in [5.41, 5.74) is 2.55. The summed E-state index contributed by atoms with van der Waals surface area (Å²) < 4.78 is 22.4. The van der Waals surface area contributed by atoms with Crippen LogP contribution in [0.1, 0.15) is 19.3 Å². The van der Waals surface area contributed by atoms with Crippen LogP contribution in [0.25, 0.3) is 0 Å². The van der Waals surface area contributed by atoms with Crippen LogP contribution in [0.15, 0.2) is 24.3 Å². The Labute approximate surface area is 163 Å². The molecule has 6 nitrogen and oxygen atoms in total. The van der Waals surface area contributed by atoms with E-state index in [4.69, 9.17) is 18.9 Å². The third kappa shape index (κ3) is 7.30. The smallest absolute Gasteiger partial charge is 0.0701 e. The molecule has 2 heterocycles. The Morgan fingerprint density at radius 1 is 0.444 bits per heavy atom. The third-order valence-electron chi connectivity index (χ3n) is 5.06. The Bertz CT molecular complexity index is 489. The molecule has 2 saturated heterocycles. The van der Waals surface area contributed by atoms with Gasteiger partial charge in [0.05, 0.1) is 52.9 Å². The highest BCUT2D eigenvalue weighted by Crippen LogP contribution is 2.23. The molecule has 2 aliphatic heterocycles. The lowest BCUT2D eigenvalue weighted by Gasteiger charge is -2.30. The van der Waals surface area contributed by atoms with Crippen LogP contribution < -0.4 is 9.80 Å². The van der Waals surface area contributed by atoms with Gasteiger partial charge in [-0.15, -0.1) is 0 Å². The largest absolute Gasteiger partial charge is 0.377 e. The highest BCUT2D eigenvalue weighted by molar-refractivity contribution is 5.56. The first-order valence-corrected chi connectivity index (χ1v) is 10.3. The van der Waals surface area contributed by atoms with E-state index in [1.54, 1.807) is 0 Å². The van der Waals surface area contributed by atoms with E-state index in [2.05, 4.69) is 34.1 Å². The van der Waals surface area contributed by atoms with Crippen molar-refractivity contribution in [3.8, 4) is 0 Å². The SMILES string of the molecule is c1cc(N2CCOCCOCCOCCOCC2)ccc1N1CCCCC1. The van der Waals surface area contributed by atoms with Crippen LogP contribution in [-0.4, -0.2) is 79.0 Å². The predicted molar refractivity (Wildman–Crippen MR) is 108 cm³/mol. The van der Waals surface area contributed by atoms with E-state index in [1.165, 1.54) is 43.7 Å². The minimum atomic E-state index is 0.610. The topological polar surface area (TPSA) is 43.4 Å². The maximum absolute atomic E-state index is 5.72. The molecule has 0 radical (unpaired) electrons. The number of nitrogens with zero attached hydrogens (tertiary/aromatic N) is 2. The van der Waals surface area contributed by atoms with Crippen LogP contribution in [-0.2, 0) is 18.9 Å². The standard InChI is InChI=1S/C21H34N2O4/c1-2-8-22(9-3-1)20-4-6-21(7-5-20)23-10-12-24-14-16-26-18-19-27-17-15-25-13-11-23/h4-7H,1-3,8-19H2. The Balaban J connectivity index is 1.54. The van der Waals surface area contributed by atoms with Gasteiger partial charge in [-0.25, -0.2) is 0 Å². The van der Waals surface area contributed by atoms with Crippen molar-refractivity contribution in [2.45, 2.75) is 19.3 Å². The molecule has 2 fully saturated rings. The Morgan fingerprint density at radius 2 is 0.815 bits per heavy atom. The summed E-state index contributed by atoms with van der Waals surface area (Å²) in [6, 6.07) is 8.95. The molecule has 27 heavy (non-hydrogen) atoms. The monoisotopic (exact) mass is 378 g/mol. The minimum absolute atomic E-state index is 0.610. The number of hydrogen-bond donors (Lipinski definition) is 0. The Morgan fingerprint density at radius 3 is 1.26 bits per heavy atom. The van der Waals surface area contributed by atoms with Crippen LogP contribution in [0.3, 0.4) is 0 Å². The number of ether oxygens (including phenoxy) is 4. The van der Waals surface area contributed by atoms with E-state index in [0.717, 1.165) is 13.1 Å². The van der Waals surface area contributed by atoms with E-state index in [0.29, 0.717) is 52.9 Å². The molecule has 0 aliphatic carbocycles. The molecule has 3 rings (SSSR count). The van der Waals surface area contributed by atoms with Crippen molar-refractivity contribution in [1.29, 1.82) is 0 Å². The van der Waals surface area contributed by atoms with E-state index in [1.807, 2.05) is 0 Å². The second-order valence-electron chi connectivity index (χ2n) is 7.00. The molecule has 0 spiro atoms. The zero-order chi connectivity index (χ0) is 18.6. The fraction of sp³-hybridized carbons (Fsp3) is 0.714.